The number of carbonyl (C=O) groups excluding carboxylic acids is 4. The summed E-state index contributed by atoms with van der Waals surface area (Å²) in [5.41, 5.74) is 5.97. The van der Waals surface area contributed by atoms with Gasteiger partial charge < -0.3 is 37.0 Å². The number of urea groups is 1. The molecule has 12 nitrogen and oxygen atoms in total. The molecule has 3 rings (SSSR count). The van der Waals surface area contributed by atoms with E-state index in [-0.39, 0.29) is 24.3 Å². The number of hydrogen-bond donors (Lipinski definition) is 5. The van der Waals surface area contributed by atoms with Crippen LogP contribution in [0.4, 0.5) is 4.79 Å². The number of nitrogens with two attached hydrogens (primary N) is 1. The van der Waals surface area contributed by atoms with Gasteiger partial charge in [0.05, 0.1) is 12.0 Å². The Labute approximate surface area is 154 Å². The maximum absolute atomic E-state index is 13.0. The Morgan fingerprint density at radius 3 is 2.78 bits per heavy atom. The minimum absolute atomic E-state index is 0. The lowest BCUT2D eigenvalue weighted by molar-refractivity contribution is -0.140. The zero-order valence-corrected chi connectivity index (χ0v) is 14.5. The van der Waals surface area contributed by atoms with Gasteiger partial charge in [0.15, 0.2) is 0 Å². The van der Waals surface area contributed by atoms with Gasteiger partial charge in [0.2, 0.25) is 17.7 Å². The third-order valence-electron chi connectivity index (χ3n) is 4.54. The van der Waals surface area contributed by atoms with E-state index in [0.717, 1.165) is 0 Å². The van der Waals surface area contributed by atoms with Crippen molar-refractivity contribution in [3.05, 3.63) is 18.2 Å². The molecule has 12 heteroatoms. The number of nitrogens with one attached hydrogen (secondary N) is 4. The van der Waals surface area contributed by atoms with Crippen LogP contribution >= 0.6 is 0 Å². The van der Waals surface area contributed by atoms with Crippen molar-refractivity contribution in [3.63, 3.8) is 0 Å². The summed E-state index contributed by atoms with van der Waals surface area (Å²) in [7, 11) is 0. The number of likely N-dealkylation sites (tertiary alicyclic amines) is 1. The summed E-state index contributed by atoms with van der Waals surface area (Å²) in [6.45, 7) is 0.544. The van der Waals surface area contributed by atoms with Gasteiger partial charge in [-0.25, -0.2) is 9.78 Å². The number of amides is 5. The van der Waals surface area contributed by atoms with Crippen molar-refractivity contribution in [2.45, 2.75) is 37.4 Å². The first-order chi connectivity index (χ1) is 12.5. The quantitative estimate of drug-likeness (QED) is 0.345. The van der Waals surface area contributed by atoms with Crippen LogP contribution in [-0.4, -0.2) is 75.3 Å². The van der Waals surface area contributed by atoms with Crippen molar-refractivity contribution in [2.75, 3.05) is 13.1 Å². The molecule has 1 unspecified atom stereocenters. The van der Waals surface area contributed by atoms with Crippen molar-refractivity contribution in [2.24, 2.45) is 5.73 Å². The van der Waals surface area contributed by atoms with Crippen LogP contribution in [0.3, 0.4) is 0 Å². The summed E-state index contributed by atoms with van der Waals surface area (Å²) >= 11 is 0. The Morgan fingerprint density at radius 2 is 2.19 bits per heavy atom. The Kier molecular flexibility index (Phi) is 6.34. The van der Waals surface area contributed by atoms with E-state index in [2.05, 4.69) is 25.9 Å². The molecule has 0 spiro atoms. The van der Waals surface area contributed by atoms with Crippen LogP contribution in [0.25, 0.3) is 0 Å². The SMILES string of the molecule is NC(=O)[C@@H]1CCCN1C(=O)[C@H](Cc1c[nH]cn1)NC(=O)C1CNC(=O)N1.O. The van der Waals surface area contributed by atoms with Crippen LogP contribution in [0.15, 0.2) is 12.5 Å². The number of aromatic nitrogens is 2. The Morgan fingerprint density at radius 1 is 1.41 bits per heavy atom. The Balaban J connectivity index is 0.00000261. The molecule has 2 saturated heterocycles. The van der Waals surface area contributed by atoms with Crippen LogP contribution in [0, 0.1) is 0 Å². The highest BCUT2D eigenvalue weighted by Crippen LogP contribution is 2.19. The summed E-state index contributed by atoms with van der Waals surface area (Å²) in [6, 6.07) is -2.78. The van der Waals surface area contributed by atoms with E-state index in [1.165, 1.54) is 11.2 Å². The summed E-state index contributed by atoms with van der Waals surface area (Å²) in [6.07, 6.45) is 4.44. The monoisotopic (exact) mass is 381 g/mol. The first kappa shape index (κ1) is 20.2. The summed E-state index contributed by atoms with van der Waals surface area (Å²) in [5, 5.41) is 7.62. The van der Waals surface area contributed by atoms with Gasteiger partial charge in [0.25, 0.3) is 0 Å². The average molecular weight is 381 g/mol. The van der Waals surface area contributed by atoms with Gasteiger partial charge in [-0.2, -0.15) is 0 Å². The van der Waals surface area contributed by atoms with Crippen LogP contribution < -0.4 is 21.7 Å². The molecule has 8 N–H and O–H groups in total. The van der Waals surface area contributed by atoms with Gasteiger partial charge in [-0.1, -0.05) is 0 Å². The average Bonchev–Trinajstić information content (AvgIpc) is 3.34. The van der Waals surface area contributed by atoms with Crippen LogP contribution in [0.1, 0.15) is 18.5 Å². The summed E-state index contributed by atoms with van der Waals surface area (Å²) < 4.78 is 0. The molecule has 0 aromatic carbocycles. The molecule has 3 atom stereocenters. The molecule has 2 fully saturated rings. The van der Waals surface area contributed by atoms with E-state index < -0.39 is 36.0 Å². The van der Waals surface area contributed by atoms with E-state index >= 15 is 0 Å². The lowest BCUT2D eigenvalue weighted by Gasteiger charge is -2.28. The molecule has 0 saturated carbocycles. The van der Waals surface area contributed by atoms with Gasteiger partial charge in [-0.05, 0) is 12.8 Å². The molecule has 148 valence electrons. The zero-order chi connectivity index (χ0) is 18.7. The number of nitrogens with zero attached hydrogens (tertiary/aromatic N) is 2. The molecule has 5 amide bonds. The fourth-order valence-electron chi connectivity index (χ4n) is 3.22. The van der Waals surface area contributed by atoms with E-state index in [1.807, 2.05) is 0 Å². The minimum Gasteiger partial charge on any atom is -0.412 e. The minimum atomic E-state index is -0.914. The smallest absolute Gasteiger partial charge is 0.315 e. The van der Waals surface area contributed by atoms with Crippen LogP contribution in [0.5, 0.6) is 0 Å². The maximum atomic E-state index is 13.0. The molecular weight excluding hydrogens is 358 g/mol. The number of imidazole rings is 1. The number of primary amides is 1. The molecule has 2 aliphatic rings. The lowest BCUT2D eigenvalue weighted by atomic mass is 10.1. The Hall–Kier alpha value is -3.15. The second kappa shape index (κ2) is 8.49. The third kappa shape index (κ3) is 4.53. The summed E-state index contributed by atoms with van der Waals surface area (Å²) in [5.74, 6) is -1.43. The molecular formula is C15H23N7O5. The predicted octanol–water partition coefficient (Wildman–Crippen LogP) is -3.23. The fourth-order valence-corrected chi connectivity index (χ4v) is 3.22. The molecule has 1 aromatic rings. The topological polar surface area (TPSA) is 194 Å². The van der Waals surface area contributed by atoms with Gasteiger partial charge in [-0.3, -0.25) is 14.4 Å². The standard InChI is InChI=1S/C15H21N7O4.H2O/c16-12(23)11-2-1-3-22(11)14(25)9(4-8-5-17-7-19-8)20-13(24)10-6-18-15(26)21-10;/h5,7,9-11H,1-4,6H2,(H2,16,23)(H,17,19)(H,20,24)(H2,18,21,26);1H2/t9-,10?,11-;/m0./s1. The van der Waals surface area contributed by atoms with E-state index in [0.29, 0.717) is 25.1 Å². The number of hydrogen-bond acceptors (Lipinski definition) is 5. The number of aromatic amines is 1. The highest BCUT2D eigenvalue weighted by Gasteiger charge is 2.38. The molecule has 3 heterocycles. The molecule has 27 heavy (non-hydrogen) atoms. The van der Waals surface area contributed by atoms with Crippen molar-refractivity contribution < 1.29 is 24.7 Å². The Bertz CT molecular complexity index is 707. The van der Waals surface area contributed by atoms with Crippen LogP contribution in [0.2, 0.25) is 0 Å². The third-order valence-corrected chi connectivity index (χ3v) is 4.54. The largest absolute Gasteiger partial charge is 0.412 e. The fraction of sp³-hybridized carbons (Fsp3) is 0.533. The lowest BCUT2D eigenvalue weighted by Crippen LogP contribution is -2.56. The summed E-state index contributed by atoms with van der Waals surface area (Å²) in [4.78, 5) is 56.5. The molecule has 1 aromatic heterocycles. The van der Waals surface area contributed by atoms with Crippen molar-refractivity contribution in [3.8, 4) is 0 Å². The number of carbonyl (C=O) groups is 4. The maximum Gasteiger partial charge on any atom is 0.315 e. The molecule has 2 aliphatic heterocycles. The van der Waals surface area contributed by atoms with E-state index in [9.17, 15) is 19.2 Å². The number of rotatable bonds is 6. The van der Waals surface area contributed by atoms with E-state index in [4.69, 9.17) is 5.73 Å². The molecule has 0 aliphatic carbocycles. The van der Waals surface area contributed by atoms with Gasteiger partial charge in [0, 0.05) is 25.7 Å². The molecule has 0 bridgehead atoms. The number of H-pyrrole nitrogens is 1. The first-order valence-electron chi connectivity index (χ1n) is 8.38. The van der Waals surface area contributed by atoms with E-state index in [1.54, 1.807) is 6.20 Å². The zero-order valence-electron chi connectivity index (χ0n) is 14.5. The van der Waals surface area contributed by atoms with Gasteiger partial charge in [-0.15, -0.1) is 0 Å². The first-order valence-corrected chi connectivity index (χ1v) is 8.38. The predicted molar refractivity (Wildman–Crippen MR) is 92.1 cm³/mol. The van der Waals surface area contributed by atoms with Gasteiger partial charge >= 0.3 is 6.03 Å². The van der Waals surface area contributed by atoms with Crippen LogP contribution in [-0.2, 0) is 20.8 Å². The second-order valence-corrected chi connectivity index (χ2v) is 6.32. The van der Waals surface area contributed by atoms with Crippen molar-refractivity contribution in [1.82, 2.24) is 30.8 Å². The van der Waals surface area contributed by atoms with Gasteiger partial charge in [0.1, 0.15) is 18.1 Å². The molecule has 0 radical (unpaired) electrons. The normalized spacial score (nSPS) is 22.4. The second-order valence-electron chi connectivity index (χ2n) is 6.32. The highest BCUT2D eigenvalue weighted by atomic mass is 16.2. The van der Waals surface area contributed by atoms with Crippen molar-refractivity contribution in [1.29, 1.82) is 0 Å². The van der Waals surface area contributed by atoms with Crippen molar-refractivity contribution >= 4 is 23.8 Å². The highest BCUT2D eigenvalue weighted by molar-refractivity contribution is 5.95.